The number of fused-ring (bicyclic) bond motifs is 1. The van der Waals surface area contributed by atoms with Gasteiger partial charge in [0, 0.05) is 51.8 Å². The lowest BCUT2D eigenvalue weighted by Crippen LogP contribution is -2.40. The van der Waals surface area contributed by atoms with E-state index in [4.69, 9.17) is 4.74 Å². The Labute approximate surface area is 143 Å². The Morgan fingerprint density at radius 1 is 1.17 bits per heavy atom. The van der Waals surface area contributed by atoms with E-state index in [2.05, 4.69) is 0 Å². The van der Waals surface area contributed by atoms with E-state index in [1.165, 1.54) is 22.7 Å². The second-order valence-electron chi connectivity index (χ2n) is 6.39. The van der Waals surface area contributed by atoms with Gasteiger partial charge in [-0.15, -0.1) is 0 Å². The van der Waals surface area contributed by atoms with Gasteiger partial charge in [0.05, 0.1) is 12.7 Å². The van der Waals surface area contributed by atoms with Gasteiger partial charge >= 0.3 is 0 Å². The lowest BCUT2D eigenvalue weighted by molar-refractivity contribution is 0.0536. The number of hydrogen-bond donors (Lipinski definition) is 0. The van der Waals surface area contributed by atoms with Gasteiger partial charge in [0.1, 0.15) is 0 Å². The SMILES string of the molecule is CN(C)S(=O)(=O)N1C[C@@H]2CN(C(=O)c3ccccc3)CCO[C@@H]2C1. The molecule has 0 unspecified atom stereocenters. The zero-order valence-corrected chi connectivity index (χ0v) is 14.8. The predicted molar refractivity (Wildman–Crippen MR) is 89.8 cm³/mol. The van der Waals surface area contributed by atoms with Crippen LogP contribution in [0.3, 0.4) is 0 Å². The Balaban J connectivity index is 1.73. The van der Waals surface area contributed by atoms with Crippen LogP contribution in [0.4, 0.5) is 0 Å². The van der Waals surface area contributed by atoms with Gasteiger partial charge in [-0.3, -0.25) is 4.79 Å². The molecule has 0 saturated carbocycles. The van der Waals surface area contributed by atoms with Crippen molar-refractivity contribution in [1.29, 1.82) is 0 Å². The van der Waals surface area contributed by atoms with Gasteiger partial charge in [-0.1, -0.05) is 18.2 Å². The second kappa shape index (κ2) is 6.79. The van der Waals surface area contributed by atoms with Crippen molar-refractivity contribution in [1.82, 2.24) is 13.5 Å². The van der Waals surface area contributed by atoms with Crippen molar-refractivity contribution in [2.45, 2.75) is 6.10 Å². The van der Waals surface area contributed by atoms with Crippen molar-refractivity contribution in [3.8, 4) is 0 Å². The maximum atomic E-state index is 12.7. The molecule has 0 radical (unpaired) electrons. The summed E-state index contributed by atoms with van der Waals surface area (Å²) in [5, 5.41) is 0. The van der Waals surface area contributed by atoms with Crippen molar-refractivity contribution in [2.24, 2.45) is 5.92 Å². The molecular formula is C16H23N3O4S. The molecule has 132 valence electrons. The first kappa shape index (κ1) is 17.3. The van der Waals surface area contributed by atoms with Crippen molar-refractivity contribution in [2.75, 3.05) is 46.9 Å². The summed E-state index contributed by atoms with van der Waals surface area (Å²) in [5.41, 5.74) is 0.645. The Hall–Kier alpha value is -1.48. The topological polar surface area (TPSA) is 70.2 Å². The molecular weight excluding hydrogens is 330 g/mol. The highest BCUT2D eigenvalue weighted by atomic mass is 32.2. The predicted octanol–water partition coefficient (Wildman–Crippen LogP) is 0.266. The van der Waals surface area contributed by atoms with Crippen molar-refractivity contribution < 1.29 is 17.9 Å². The molecule has 2 heterocycles. The van der Waals surface area contributed by atoms with Crippen LogP contribution >= 0.6 is 0 Å². The Morgan fingerprint density at radius 3 is 2.54 bits per heavy atom. The first-order valence-electron chi connectivity index (χ1n) is 8.03. The normalized spacial score (nSPS) is 25.5. The van der Waals surface area contributed by atoms with Crippen LogP contribution in [-0.4, -0.2) is 80.8 Å². The fraction of sp³-hybridized carbons (Fsp3) is 0.562. The van der Waals surface area contributed by atoms with Crippen molar-refractivity contribution in [3.63, 3.8) is 0 Å². The van der Waals surface area contributed by atoms with Crippen LogP contribution in [0.2, 0.25) is 0 Å². The van der Waals surface area contributed by atoms with Gasteiger partial charge < -0.3 is 9.64 Å². The summed E-state index contributed by atoms with van der Waals surface area (Å²) in [6.07, 6.45) is -0.159. The Bertz CT molecular complexity index is 693. The largest absolute Gasteiger partial charge is 0.375 e. The maximum Gasteiger partial charge on any atom is 0.281 e. The van der Waals surface area contributed by atoms with E-state index in [1.54, 1.807) is 17.0 Å². The van der Waals surface area contributed by atoms with Crippen molar-refractivity contribution >= 4 is 16.1 Å². The minimum absolute atomic E-state index is 0.00473. The van der Waals surface area contributed by atoms with Gasteiger partial charge in [0.25, 0.3) is 16.1 Å². The third-order valence-corrected chi connectivity index (χ3v) is 6.46. The van der Waals surface area contributed by atoms with Crippen LogP contribution in [0.5, 0.6) is 0 Å². The summed E-state index contributed by atoms with van der Waals surface area (Å²) in [6.45, 7) is 2.19. The fourth-order valence-corrected chi connectivity index (χ4v) is 4.40. The third kappa shape index (κ3) is 3.32. The molecule has 0 N–H and O–H groups in total. The number of rotatable bonds is 3. The van der Waals surface area contributed by atoms with E-state index in [-0.39, 0.29) is 17.9 Å². The fourth-order valence-electron chi connectivity index (χ4n) is 3.22. The smallest absolute Gasteiger partial charge is 0.281 e. The number of nitrogens with zero attached hydrogens (tertiary/aromatic N) is 3. The molecule has 2 saturated heterocycles. The average molecular weight is 353 g/mol. The molecule has 1 aromatic rings. The van der Waals surface area contributed by atoms with Crippen LogP contribution in [0.1, 0.15) is 10.4 Å². The monoisotopic (exact) mass is 353 g/mol. The molecule has 3 rings (SSSR count). The summed E-state index contributed by atoms with van der Waals surface area (Å²) < 4.78 is 33.1. The van der Waals surface area contributed by atoms with Gasteiger partial charge in [0.2, 0.25) is 0 Å². The van der Waals surface area contributed by atoms with E-state index in [1.807, 2.05) is 18.2 Å². The number of carbonyl (C=O) groups is 1. The Morgan fingerprint density at radius 2 is 1.88 bits per heavy atom. The Kier molecular flexibility index (Phi) is 4.91. The minimum Gasteiger partial charge on any atom is -0.375 e. The summed E-state index contributed by atoms with van der Waals surface area (Å²) in [6, 6.07) is 9.14. The molecule has 0 spiro atoms. The van der Waals surface area contributed by atoms with Crippen LogP contribution in [0, 0.1) is 5.92 Å². The average Bonchev–Trinajstić information content (AvgIpc) is 2.87. The molecule has 2 fully saturated rings. The molecule has 0 aliphatic carbocycles. The third-order valence-electron chi connectivity index (χ3n) is 4.59. The molecule has 0 aromatic heterocycles. The molecule has 2 aliphatic heterocycles. The number of benzene rings is 1. The number of hydrogen-bond acceptors (Lipinski definition) is 4. The molecule has 1 amide bonds. The minimum atomic E-state index is -3.45. The van der Waals surface area contributed by atoms with Crippen LogP contribution in [0.25, 0.3) is 0 Å². The highest BCUT2D eigenvalue weighted by Crippen LogP contribution is 2.27. The van der Waals surface area contributed by atoms with Crippen LogP contribution < -0.4 is 0 Å². The molecule has 2 aliphatic rings. The molecule has 2 atom stereocenters. The van der Waals surface area contributed by atoms with E-state index in [0.717, 1.165) is 0 Å². The lowest BCUT2D eigenvalue weighted by atomic mass is 10.1. The summed E-state index contributed by atoms with van der Waals surface area (Å²) in [7, 11) is -0.407. The van der Waals surface area contributed by atoms with Crippen LogP contribution in [0.15, 0.2) is 30.3 Å². The van der Waals surface area contributed by atoms with Crippen molar-refractivity contribution in [3.05, 3.63) is 35.9 Å². The van der Waals surface area contributed by atoms with Gasteiger partial charge in [-0.05, 0) is 12.1 Å². The summed E-state index contributed by atoms with van der Waals surface area (Å²) >= 11 is 0. The lowest BCUT2D eigenvalue weighted by Gasteiger charge is -2.24. The summed E-state index contributed by atoms with van der Waals surface area (Å²) in [4.78, 5) is 14.4. The summed E-state index contributed by atoms with van der Waals surface area (Å²) in [5.74, 6) is -0.0383. The molecule has 7 nitrogen and oxygen atoms in total. The zero-order valence-electron chi connectivity index (χ0n) is 14.0. The van der Waals surface area contributed by atoms with E-state index < -0.39 is 10.2 Å². The van der Waals surface area contributed by atoms with Gasteiger partial charge in [0.15, 0.2) is 0 Å². The first-order chi connectivity index (χ1) is 11.4. The number of ether oxygens (including phenoxy) is 1. The quantitative estimate of drug-likeness (QED) is 0.782. The second-order valence-corrected chi connectivity index (χ2v) is 8.54. The van der Waals surface area contributed by atoms with Crippen LogP contribution in [-0.2, 0) is 14.9 Å². The van der Waals surface area contributed by atoms with Gasteiger partial charge in [-0.2, -0.15) is 17.0 Å². The number of amides is 1. The highest BCUT2D eigenvalue weighted by molar-refractivity contribution is 7.86. The molecule has 8 heteroatoms. The van der Waals surface area contributed by atoms with E-state index >= 15 is 0 Å². The molecule has 1 aromatic carbocycles. The zero-order chi connectivity index (χ0) is 17.3. The first-order valence-corrected chi connectivity index (χ1v) is 9.43. The number of carbonyl (C=O) groups excluding carboxylic acids is 1. The highest BCUT2D eigenvalue weighted by Gasteiger charge is 2.42. The van der Waals surface area contributed by atoms with E-state index in [9.17, 15) is 13.2 Å². The molecule has 0 bridgehead atoms. The molecule has 24 heavy (non-hydrogen) atoms. The standard InChI is InChI=1S/C16H23N3O4S/c1-17(2)24(21,22)19-11-14-10-18(8-9-23-15(14)12-19)16(20)13-6-4-3-5-7-13/h3-7,14-15H,8-12H2,1-2H3/t14-,15+/m0/s1. The van der Waals surface area contributed by atoms with Gasteiger partial charge in [-0.25, -0.2) is 0 Å². The maximum absolute atomic E-state index is 12.7. The van der Waals surface area contributed by atoms with E-state index in [0.29, 0.717) is 38.3 Å².